The number of hydrogen-bond donors (Lipinski definition) is 1. The summed E-state index contributed by atoms with van der Waals surface area (Å²) in [5.41, 5.74) is 6.01. The summed E-state index contributed by atoms with van der Waals surface area (Å²) >= 11 is 0. The van der Waals surface area contributed by atoms with Crippen LogP contribution < -0.4 is 10.2 Å². The molecule has 0 amide bonds. The molecule has 0 aromatic heterocycles. The van der Waals surface area contributed by atoms with Crippen LogP contribution in [0, 0.1) is 26.2 Å². The Labute approximate surface area is 118 Å². The van der Waals surface area contributed by atoms with Crippen LogP contribution in [0.25, 0.3) is 0 Å². The van der Waals surface area contributed by atoms with Gasteiger partial charge in [-0.2, -0.15) is 0 Å². The van der Waals surface area contributed by atoms with Gasteiger partial charge in [0.15, 0.2) is 0 Å². The van der Waals surface area contributed by atoms with Crippen LogP contribution in [0.3, 0.4) is 0 Å². The highest BCUT2D eigenvalue weighted by Gasteiger charge is 2.35. The monoisotopic (exact) mass is 260 g/mol. The first-order valence-corrected chi connectivity index (χ1v) is 7.35. The molecule has 1 N–H and O–H groups in total. The van der Waals surface area contributed by atoms with Crippen molar-refractivity contribution in [3.05, 3.63) is 28.8 Å². The molecule has 1 aliphatic rings. The lowest BCUT2D eigenvalue weighted by molar-refractivity contribution is 0.207. The number of likely N-dealkylation sites (N-methyl/N-ethyl adjacent to an activating group) is 1. The molecule has 1 aromatic carbocycles. The zero-order valence-corrected chi connectivity index (χ0v) is 13.3. The third kappa shape index (κ3) is 2.79. The van der Waals surface area contributed by atoms with Gasteiger partial charge in [-0.3, -0.25) is 0 Å². The normalized spacial score (nSPS) is 22.6. The molecule has 1 aliphatic heterocycles. The Morgan fingerprint density at radius 2 is 1.74 bits per heavy atom. The topological polar surface area (TPSA) is 15.3 Å². The number of hydrogen-bond acceptors (Lipinski definition) is 2. The Morgan fingerprint density at radius 1 is 1.16 bits per heavy atom. The Balaban J connectivity index is 2.29. The molecule has 1 unspecified atom stereocenters. The van der Waals surface area contributed by atoms with Crippen LogP contribution in [-0.2, 0) is 0 Å². The average Bonchev–Trinajstić information content (AvgIpc) is 2.29. The molecule has 0 spiro atoms. The van der Waals surface area contributed by atoms with E-state index in [1.807, 2.05) is 0 Å². The van der Waals surface area contributed by atoms with Gasteiger partial charge in [0.1, 0.15) is 0 Å². The Kier molecular flexibility index (Phi) is 3.91. The van der Waals surface area contributed by atoms with Gasteiger partial charge in [-0.1, -0.05) is 31.5 Å². The largest absolute Gasteiger partial charge is 0.370 e. The second kappa shape index (κ2) is 5.16. The molecule has 2 nitrogen and oxygen atoms in total. The maximum atomic E-state index is 3.50. The second-order valence-corrected chi connectivity index (χ2v) is 6.77. The first-order valence-electron chi connectivity index (χ1n) is 7.35. The average molecular weight is 260 g/mol. The zero-order chi connectivity index (χ0) is 14.2. The number of nitrogens with zero attached hydrogens (tertiary/aromatic N) is 1. The summed E-state index contributed by atoms with van der Waals surface area (Å²) in [6.45, 7) is 13.7. The van der Waals surface area contributed by atoms with Crippen LogP contribution in [0.15, 0.2) is 12.1 Å². The third-order valence-electron chi connectivity index (χ3n) is 4.67. The van der Waals surface area contributed by atoms with Gasteiger partial charge in [-0.05, 0) is 50.8 Å². The molecular weight excluding hydrogens is 232 g/mol. The van der Waals surface area contributed by atoms with E-state index in [1.165, 1.54) is 28.8 Å². The molecule has 0 saturated carbocycles. The van der Waals surface area contributed by atoms with E-state index >= 15 is 0 Å². The lowest BCUT2D eigenvalue weighted by Crippen LogP contribution is -2.54. The van der Waals surface area contributed by atoms with Gasteiger partial charge in [-0.15, -0.1) is 0 Å². The van der Waals surface area contributed by atoms with Crippen molar-refractivity contribution in [3.8, 4) is 0 Å². The highest BCUT2D eigenvalue weighted by Crippen LogP contribution is 2.35. The number of anilines is 1. The van der Waals surface area contributed by atoms with Crippen LogP contribution in [0.5, 0.6) is 0 Å². The minimum Gasteiger partial charge on any atom is -0.370 e. The van der Waals surface area contributed by atoms with Crippen molar-refractivity contribution in [1.29, 1.82) is 0 Å². The molecule has 1 fully saturated rings. The molecule has 1 saturated heterocycles. The quantitative estimate of drug-likeness (QED) is 0.876. The van der Waals surface area contributed by atoms with Crippen molar-refractivity contribution in [2.75, 3.05) is 25.0 Å². The van der Waals surface area contributed by atoms with E-state index in [-0.39, 0.29) is 0 Å². The minimum absolute atomic E-state index is 0.387. The first-order chi connectivity index (χ1) is 8.85. The Hall–Kier alpha value is -1.02. The van der Waals surface area contributed by atoms with Gasteiger partial charge in [0, 0.05) is 24.8 Å². The van der Waals surface area contributed by atoms with Crippen LogP contribution in [-0.4, -0.2) is 26.2 Å². The molecule has 19 heavy (non-hydrogen) atoms. The molecule has 1 aromatic rings. The summed E-state index contributed by atoms with van der Waals surface area (Å²) in [6.07, 6.45) is 1.24. The van der Waals surface area contributed by atoms with E-state index < -0.39 is 0 Å². The SMILES string of the molecule is CNC1CN(c2c(C)cc(C)cc2C)CCC1(C)C. The second-order valence-electron chi connectivity index (χ2n) is 6.77. The fraction of sp³-hybridized carbons (Fsp3) is 0.647. The smallest absolute Gasteiger partial charge is 0.0426 e. The molecular formula is C17H28N2. The number of rotatable bonds is 2. The molecule has 0 radical (unpaired) electrons. The number of benzene rings is 1. The van der Waals surface area contributed by atoms with Crippen LogP contribution in [0.4, 0.5) is 5.69 Å². The van der Waals surface area contributed by atoms with Crippen LogP contribution >= 0.6 is 0 Å². The van der Waals surface area contributed by atoms with Crippen LogP contribution in [0.2, 0.25) is 0 Å². The van der Waals surface area contributed by atoms with Gasteiger partial charge < -0.3 is 10.2 Å². The van der Waals surface area contributed by atoms with Gasteiger partial charge in [0.25, 0.3) is 0 Å². The van der Waals surface area contributed by atoms with Crippen molar-refractivity contribution >= 4 is 5.69 Å². The number of piperidine rings is 1. The van der Waals surface area contributed by atoms with Crippen LogP contribution in [0.1, 0.15) is 37.0 Å². The summed E-state index contributed by atoms with van der Waals surface area (Å²) in [6, 6.07) is 5.16. The molecule has 0 bridgehead atoms. The molecule has 106 valence electrons. The summed E-state index contributed by atoms with van der Waals surface area (Å²) in [5, 5.41) is 3.50. The first kappa shape index (κ1) is 14.4. The number of aryl methyl sites for hydroxylation is 3. The van der Waals surface area contributed by atoms with Gasteiger partial charge in [-0.25, -0.2) is 0 Å². The Morgan fingerprint density at radius 3 is 2.26 bits per heavy atom. The Bertz CT molecular complexity index is 439. The maximum absolute atomic E-state index is 3.50. The van der Waals surface area contributed by atoms with Crippen molar-refractivity contribution in [2.45, 2.75) is 47.1 Å². The van der Waals surface area contributed by atoms with E-state index in [1.54, 1.807) is 0 Å². The van der Waals surface area contributed by atoms with E-state index in [9.17, 15) is 0 Å². The molecule has 2 heteroatoms. The molecule has 1 atom stereocenters. The summed E-state index contributed by atoms with van der Waals surface area (Å²) in [7, 11) is 2.09. The fourth-order valence-corrected chi connectivity index (χ4v) is 3.51. The van der Waals surface area contributed by atoms with E-state index in [2.05, 4.69) is 64.0 Å². The molecule has 0 aliphatic carbocycles. The summed E-state index contributed by atoms with van der Waals surface area (Å²) in [5.74, 6) is 0. The fourth-order valence-electron chi connectivity index (χ4n) is 3.51. The predicted molar refractivity (Wildman–Crippen MR) is 84.1 cm³/mol. The lowest BCUT2D eigenvalue weighted by Gasteiger charge is -2.45. The lowest BCUT2D eigenvalue weighted by atomic mass is 9.78. The number of nitrogens with one attached hydrogen (secondary N) is 1. The summed E-state index contributed by atoms with van der Waals surface area (Å²) in [4.78, 5) is 2.57. The van der Waals surface area contributed by atoms with E-state index in [0.717, 1.165) is 13.1 Å². The van der Waals surface area contributed by atoms with E-state index in [4.69, 9.17) is 0 Å². The van der Waals surface area contributed by atoms with E-state index in [0.29, 0.717) is 11.5 Å². The van der Waals surface area contributed by atoms with Crippen molar-refractivity contribution in [3.63, 3.8) is 0 Å². The molecule has 2 rings (SSSR count). The minimum atomic E-state index is 0.387. The van der Waals surface area contributed by atoms with Crippen molar-refractivity contribution < 1.29 is 0 Å². The molecule has 1 heterocycles. The third-order valence-corrected chi connectivity index (χ3v) is 4.67. The van der Waals surface area contributed by atoms with Crippen molar-refractivity contribution in [1.82, 2.24) is 5.32 Å². The maximum Gasteiger partial charge on any atom is 0.0426 e. The highest BCUT2D eigenvalue weighted by atomic mass is 15.2. The van der Waals surface area contributed by atoms with Gasteiger partial charge in [0.05, 0.1) is 0 Å². The summed E-state index contributed by atoms with van der Waals surface area (Å²) < 4.78 is 0. The van der Waals surface area contributed by atoms with Gasteiger partial charge in [0.2, 0.25) is 0 Å². The highest BCUT2D eigenvalue weighted by molar-refractivity contribution is 5.60. The zero-order valence-electron chi connectivity index (χ0n) is 13.3. The van der Waals surface area contributed by atoms with Gasteiger partial charge >= 0.3 is 0 Å². The predicted octanol–water partition coefficient (Wildman–Crippen LogP) is 3.44. The standard InChI is InChI=1S/C17H28N2/c1-12-9-13(2)16(14(3)10-12)19-8-7-17(4,5)15(11-19)18-6/h9-10,15,18H,7-8,11H2,1-6H3. The van der Waals surface area contributed by atoms with Crippen molar-refractivity contribution in [2.24, 2.45) is 5.41 Å².